The van der Waals surface area contributed by atoms with Crippen LogP contribution in [0, 0.1) is 19.7 Å². The average Bonchev–Trinajstić information content (AvgIpc) is 3.30. The van der Waals surface area contributed by atoms with Gasteiger partial charge in [0.05, 0.1) is 17.4 Å². The van der Waals surface area contributed by atoms with Gasteiger partial charge in [0.15, 0.2) is 0 Å². The molecule has 0 saturated carbocycles. The van der Waals surface area contributed by atoms with Crippen LogP contribution in [0.1, 0.15) is 45.6 Å². The SMILES string of the molecule is Cc1cc(-c2ccc(F)cc2)cc([C@@H]2CCCN2C(=O)c2snnc2C)n1. The molecule has 5 nitrogen and oxygen atoms in total. The van der Waals surface area contributed by atoms with Gasteiger partial charge in [-0.3, -0.25) is 9.78 Å². The lowest BCUT2D eigenvalue weighted by molar-refractivity contribution is 0.0737. The third kappa shape index (κ3) is 3.47. The molecule has 0 aliphatic carbocycles. The molecule has 3 aromatic rings. The Morgan fingerprint density at radius 3 is 2.67 bits per heavy atom. The predicted octanol–water partition coefficient (Wildman–Crippen LogP) is 4.33. The van der Waals surface area contributed by atoms with E-state index in [1.165, 1.54) is 12.1 Å². The molecule has 1 atom stereocenters. The molecule has 1 amide bonds. The van der Waals surface area contributed by atoms with Crippen LogP contribution in [0.3, 0.4) is 0 Å². The quantitative estimate of drug-likeness (QED) is 0.676. The monoisotopic (exact) mass is 382 g/mol. The van der Waals surface area contributed by atoms with Gasteiger partial charge in [0.2, 0.25) is 0 Å². The highest BCUT2D eigenvalue weighted by atomic mass is 32.1. The number of halogens is 1. The normalized spacial score (nSPS) is 16.7. The molecule has 0 unspecified atom stereocenters. The number of carbonyl (C=O) groups excluding carboxylic acids is 1. The number of amides is 1. The first-order valence-corrected chi connectivity index (χ1v) is 9.65. The summed E-state index contributed by atoms with van der Waals surface area (Å²) in [4.78, 5) is 20.1. The summed E-state index contributed by atoms with van der Waals surface area (Å²) >= 11 is 1.14. The van der Waals surface area contributed by atoms with Crippen LogP contribution in [0.15, 0.2) is 36.4 Å². The first-order chi connectivity index (χ1) is 13.0. The lowest BCUT2D eigenvalue weighted by Crippen LogP contribution is -2.31. The van der Waals surface area contributed by atoms with E-state index >= 15 is 0 Å². The van der Waals surface area contributed by atoms with Gasteiger partial charge in [-0.15, -0.1) is 5.10 Å². The van der Waals surface area contributed by atoms with E-state index in [9.17, 15) is 9.18 Å². The van der Waals surface area contributed by atoms with Crippen molar-refractivity contribution >= 4 is 17.4 Å². The van der Waals surface area contributed by atoms with Gasteiger partial charge in [0, 0.05) is 12.2 Å². The molecular weight excluding hydrogens is 363 g/mol. The number of rotatable bonds is 3. The third-order valence-corrected chi connectivity index (χ3v) is 5.67. The van der Waals surface area contributed by atoms with Crippen molar-refractivity contribution in [1.82, 2.24) is 19.5 Å². The van der Waals surface area contributed by atoms with E-state index in [2.05, 4.69) is 9.59 Å². The second kappa shape index (κ2) is 7.15. The van der Waals surface area contributed by atoms with Gasteiger partial charge in [-0.2, -0.15) is 0 Å². The number of hydrogen-bond acceptors (Lipinski definition) is 5. The van der Waals surface area contributed by atoms with Crippen molar-refractivity contribution in [2.45, 2.75) is 32.7 Å². The van der Waals surface area contributed by atoms with Gasteiger partial charge >= 0.3 is 0 Å². The zero-order chi connectivity index (χ0) is 19.0. The molecule has 4 rings (SSSR count). The van der Waals surface area contributed by atoms with Gasteiger partial charge in [-0.05, 0) is 73.6 Å². The van der Waals surface area contributed by atoms with Crippen molar-refractivity contribution in [3.05, 3.63) is 64.2 Å². The molecule has 1 fully saturated rings. The summed E-state index contributed by atoms with van der Waals surface area (Å²) in [5, 5.41) is 3.96. The van der Waals surface area contributed by atoms with Crippen molar-refractivity contribution < 1.29 is 9.18 Å². The second-order valence-electron chi connectivity index (χ2n) is 6.77. The molecule has 27 heavy (non-hydrogen) atoms. The maximum absolute atomic E-state index is 13.2. The van der Waals surface area contributed by atoms with Gasteiger partial charge in [0.1, 0.15) is 10.7 Å². The van der Waals surface area contributed by atoms with Crippen molar-refractivity contribution in [1.29, 1.82) is 0 Å². The van der Waals surface area contributed by atoms with Crippen LogP contribution < -0.4 is 0 Å². The fourth-order valence-corrected chi connectivity index (χ4v) is 4.16. The molecule has 7 heteroatoms. The van der Waals surface area contributed by atoms with E-state index in [1.807, 2.05) is 24.0 Å². The zero-order valence-corrected chi connectivity index (χ0v) is 16.0. The van der Waals surface area contributed by atoms with E-state index < -0.39 is 0 Å². The van der Waals surface area contributed by atoms with Gasteiger partial charge in [0.25, 0.3) is 5.91 Å². The maximum atomic E-state index is 13.2. The molecule has 0 bridgehead atoms. The number of carbonyl (C=O) groups is 1. The molecule has 138 valence electrons. The fourth-order valence-electron chi connectivity index (χ4n) is 3.55. The Kier molecular flexibility index (Phi) is 4.70. The number of likely N-dealkylation sites (tertiary alicyclic amines) is 1. The zero-order valence-electron chi connectivity index (χ0n) is 15.1. The first kappa shape index (κ1) is 17.7. The van der Waals surface area contributed by atoms with Crippen molar-refractivity contribution in [2.24, 2.45) is 0 Å². The third-order valence-electron chi connectivity index (χ3n) is 4.85. The number of aryl methyl sites for hydroxylation is 2. The van der Waals surface area contributed by atoms with Gasteiger partial charge in [-0.1, -0.05) is 16.6 Å². The smallest absolute Gasteiger partial charge is 0.268 e. The number of nitrogens with zero attached hydrogens (tertiary/aromatic N) is 4. The molecule has 1 aliphatic heterocycles. The van der Waals surface area contributed by atoms with Crippen LogP contribution in [0.4, 0.5) is 4.39 Å². The molecule has 1 saturated heterocycles. The van der Waals surface area contributed by atoms with E-state index in [0.29, 0.717) is 17.1 Å². The van der Waals surface area contributed by atoms with Crippen molar-refractivity contribution in [3.8, 4) is 11.1 Å². The number of hydrogen-bond donors (Lipinski definition) is 0. The molecular formula is C20H19FN4OS. The summed E-state index contributed by atoms with van der Waals surface area (Å²) < 4.78 is 17.1. The number of aromatic nitrogens is 3. The van der Waals surface area contributed by atoms with Gasteiger partial charge in [-0.25, -0.2) is 4.39 Å². The molecule has 3 heterocycles. The average molecular weight is 382 g/mol. The lowest BCUT2D eigenvalue weighted by atomic mass is 10.0. The Labute approximate surface area is 161 Å². The lowest BCUT2D eigenvalue weighted by Gasteiger charge is -2.24. The van der Waals surface area contributed by atoms with Gasteiger partial charge < -0.3 is 4.90 Å². The summed E-state index contributed by atoms with van der Waals surface area (Å²) in [7, 11) is 0. The number of pyridine rings is 1. The standard InChI is InChI=1S/C20H19FN4OS/c1-12-10-15(14-5-7-16(21)8-6-14)11-17(22-12)18-4-3-9-25(18)20(26)19-13(2)23-24-27-19/h5-8,10-11,18H,3-4,9H2,1-2H3/t18-/m0/s1. The summed E-state index contributed by atoms with van der Waals surface area (Å²) in [6, 6.07) is 10.3. The Balaban J connectivity index is 1.68. The fraction of sp³-hybridized carbons (Fsp3) is 0.300. The van der Waals surface area contributed by atoms with Crippen LogP contribution in [-0.2, 0) is 0 Å². The van der Waals surface area contributed by atoms with E-state index in [0.717, 1.165) is 46.9 Å². The van der Waals surface area contributed by atoms with Crippen LogP contribution in [-0.4, -0.2) is 31.9 Å². The van der Waals surface area contributed by atoms with Crippen LogP contribution in [0.2, 0.25) is 0 Å². The Morgan fingerprint density at radius 1 is 1.19 bits per heavy atom. The Bertz CT molecular complexity index is 986. The topological polar surface area (TPSA) is 59.0 Å². The first-order valence-electron chi connectivity index (χ1n) is 8.87. The largest absolute Gasteiger partial charge is 0.329 e. The molecule has 0 spiro atoms. The highest BCUT2D eigenvalue weighted by Gasteiger charge is 2.33. The minimum atomic E-state index is -0.258. The van der Waals surface area contributed by atoms with Crippen molar-refractivity contribution in [3.63, 3.8) is 0 Å². The predicted molar refractivity (Wildman–Crippen MR) is 102 cm³/mol. The van der Waals surface area contributed by atoms with Crippen LogP contribution >= 0.6 is 11.5 Å². The van der Waals surface area contributed by atoms with E-state index in [4.69, 9.17) is 4.98 Å². The maximum Gasteiger partial charge on any atom is 0.268 e. The highest BCUT2D eigenvalue weighted by Crippen LogP contribution is 2.35. The molecule has 0 N–H and O–H groups in total. The molecule has 1 aromatic carbocycles. The van der Waals surface area contributed by atoms with Crippen molar-refractivity contribution in [2.75, 3.05) is 6.54 Å². The Morgan fingerprint density at radius 2 is 1.96 bits per heavy atom. The summed E-state index contributed by atoms with van der Waals surface area (Å²) in [6.07, 6.45) is 1.81. The Hall–Kier alpha value is -2.67. The van der Waals surface area contributed by atoms with Crippen LogP contribution in [0.25, 0.3) is 11.1 Å². The van der Waals surface area contributed by atoms with Crippen LogP contribution in [0.5, 0.6) is 0 Å². The summed E-state index contributed by atoms with van der Waals surface area (Å²) in [5.74, 6) is -0.289. The van der Waals surface area contributed by atoms with E-state index in [1.54, 1.807) is 19.1 Å². The minimum absolute atomic E-state index is 0.0309. The van der Waals surface area contributed by atoms with E-state index in [-0.39, 0.29) is 17.8 Å². The minimum Gasteiger partial charge on any atom is -0.329 e. The highest BCUT2D eigenvalue weighted by molar-refractivity contribution is 7.07. The molecule has 2 aromatic heterocycles. The second-order valence-corrected chi connectivity index (χ2v) is 7.53. The summed E-state index contributed by atoms with van der Waals surface area (Å²) in [5.41, 5.74) is 4.32. The number of benzene rings is 1. The summed E-state index contributed by atoms with van der Waals surface area (Å²) in [6.45, 7) is 4.44. The molecule has 1 aliphatic rings. The molecule has 0 radical (unpaired) electrons.